The quantitative estimate of drug-likeness (QED) is 0.370. The Labute approximate surface area is 179 Å². The molecule has 1 aromatic carbocycles. The summed E-state index contributed by atoms with van der Waals surface area (Å²) >= 11 is 0. The predicted molar refractivity (Wildman–Crippen MR) is 117 cm³/mol. The van der Waals surface area contributed by atoms with Crippen molar-refractivity contribution in [1.29, 1.82) is 0 Å². The summed E-state index contributed by atoms with van der Waals surface area (Å²) in [4.78, 5) is 17.2. The summed E-state index contributed by atoms with van der Waals surface area (Å²) in [6, 6.07) is 8.00. The number of nitrogens with zero attached hydrogens (tertiary/aromatic N) is 2. The fourth-order valence-corrected chi connectivity index (χ4v) is 4.64. The van der Waals surface area contributed by atoms with Crippen molar-refractivity contribution in [2.24, 2.45) is 0 Å². The number of carbonyl (C=O) groups is 1. The van der Waals surface area contributed by atoms with Gasteiger partial charge in [0, 0.05) is 18.6 Å². The Bertz CT molecular complexity index is 888. The van der Waals surface area contributed by atoms with Crippen LogP contribution in [0.1, 0.15) is 58.9 Å². The molecule has 2 aromatic rings. The Balaban J connectivity index is 2.24. The minimum atomic E-state index is -3.30. The molecule has 1 aromatic heterocycles. The van der Waals surface area contributed by atoms with Crippen LogP contribution in [0.3, 0.4) is 0 Å². The van der Waals surface area contributed by atoms with Crippen molar-refractivity contribution < 1.29 is 23.1 Å². The third-order valence-electron chi connectivity index (χ3n) is 4.47. The topological polar surface area (TPSA) is 91.5 Å². The number of esters is 1. The summed E-state index contributed by atoms with van der Waals surface area (Å²) in [5.41, 5.74) is 0.333. The van der Waals surface area contributed by atoms with Gasteiger partial charge in [-0.05, 0) is 52.2 Å². The van der Waals surface area contributed by atoms with E-state index in [2.05, 4.69) is 23.1 Å². The highest BCUT2D eigenvalue weighted by atomic mass is 31.2. The van der Waals surface area contributed by atoms with Crippen molar-refractivity contribution in [3.63, 3.8) is 0 Å². The minimum absolute atomic E-state index is 0.00871. The average Bonchev–Trinajstić information content (AvgIpc) is 3.12. The van der Waals surface area contributed by atoms with E-state index >= 15 is 0 Å². The fraction of sp³-hybridized carbons (Fsp3) is 0.591. The first-order chi connectivity index (χ1) is 14.1. The molecule has 0 aliphatic rings. The van der Waals surface area contributed by atoms with Crippen LogP contribution in [-0.4, -0.2) is 40.6 Å². The number of aryl methyl sites for hydroxylation is 1. The summed E-state index contributed by atoms with van der Waals surface area (Å²) in [6.07, 6.45) is 3.22. The second kappa shape index (κ2) is 10.4. The van der Waals surface area contributed by atoms with Gasteiger partial charge in [-0.2, -0.15) is 4.98 Å². The predicted octanol–water partition coefficient (Wildman–Crippen LogP) is 5.28. The number of benzene rings is 1. The zero-order valence-corrected chi connectivity index (χ0v) is 19.7. The highest BCUT2D eigenvalue weighted by Gasteiger charge is 2.40. The van der Waals surface area contributed by atoms with Gasteiger partial charge in [-0.25, -0.2) is 0 Å². The SMILES string of the molecule is CCCCc1cccc(-c2noc(CC(C(=O)OC(C)(C)C)P(C)(=O)OCC)n2)c1. The van der Waals surface area contributed by atoms with Crippen LogP contribution in [0.2, 0.25) is 0 Å². The molecule has 0 aliphatic heterocycles. The van der Waals surface area contributed by atoms with E-state index in [1.807, 2.05) is 18.2 Å². The molecule has 2 unspecified atom stereocenters. The van der Waals surface area contributed by atoms with E-state index < -0.39 is 24.6 Å². The van der Waals surface area contributed by atoms with E-state index in [1.165, 1.54) is 12.2 Å². The molecule has 8 heteroatoms. The number of carbonyl (C=O) groups excluding carboxylic acids is 1. The Morgan fingerprint density at radius 3 is 2.63 bits per heavy atom. The zero-order chi connectivity index (χ0) is 22.4. The van der Waals surface area contributed by atoms with Crippen LogP contribution < -0.4 is 0 Å². The largest absolute Gasteiger partial charge is 0.459 e. The van der Waals surface area contributed by atoms with Crippen molar-refractivity contribution in [1.82, 2.24) is 10.1 Å². The number of ether oxygens (including phenoxy) is 1. The normalized spacial score (nSPS) is 14.9. The Kier molecular flexibility index (Phi) is 8.39. The lowest BCUT2D eigenvalue weighted by molar-refractivity contribution is -0.154. The molecule has 0 radical (unpaired) electrons. The number of aromatic nitrogens is 2. The van der Waals surface area contributed by atoms with Gasteiger partial charge in [-0.3, -0.25) is 9.36 Å². The minimum Gasteiger partial charge on any atom is -0.459 e. The highest BCUT2D eigenvalue weighted by Crippen LogP contribution is 2.50. The first-order valence-corrected chi connectivity index (χ1v) is 12.6. The lowest BCUT2D eigenvalue weighted by Crippen LogP contribution is -2.33. The molecule has 0 fully saturated rings. The van der Waals surface area contributed by atoms with Gasteiger partial charge in [0.05, 0.1) is 6.61 Å². The van der Waals surface area contributed by atoms with Gasteiger partial charge in [0.1, 0.15) is 11.3 Å². The fourth-order valence-electron chi connectivity index (χ4n) is 3.02. The van der Waals surface area contributed by atoms with E-state index in [0.717, 1.165) is 24.8 Å². The van der Waals surface area contributed by atoms with Crippen molar-refractivity contribution >= 4 is 13.3 Å². The summed E-state index contributed by atoms with van der Waals surface area (Å²) in [7, 11) is -3.30. The number of hydrogen-bond donors (Lipinski definition) is 0. The smallest absolute Gasteiger partial charge is 0.319 e. The Morgan fingerprint density at radius 1 is 1.27 bits per heavy atom. The maximum Gasteiger partial charge on any atom is 0.319 e. The lowest BCUT2D eigenvalue weighted by Gasteiger charge is -2.26. The van der Waals surface area contributed by atoms with Crippen LogP contribution in [0.5, 0.6) is 0 Å². The van der Waals surface area contributed by atoms with Crippen LogP contribution in [0, 0.1) is 0 Å². The average molecular weight is 436 g/mol. The lowest BCUT2D eigenvalue weighted by atomic mass is 10.1. The molecule has 2 atom stereocenters. The molecular weight excluding hydrogens is 403 g/mol. The van der Waals surface area contributed by atoms with Gasteiger partial charge >= 0.3 is 5.97 Å². The molecule has 1 heterocycles. The third-order valence-corrected chi connectivity index (χ3v) is 6.77. The number of unbranched alkanes of at least 4 members (excludes halogenated alkanes) is 1. The summed E-state index contributed by atoms with van der Waals surface area (Å²) in [5, 5.41) is 4.05. The van der Waals surface area contributed by atoms with E-state index in [4.69, 9.17) is 13.8 Å². The highest BCUT2D eigenvalue weighted by molar-refractivity contribution is 7.60. The molecule has 7 nitrogen and oxygen atoms in total. The van der Waals surface area contributed by atoms with Crippen molar-refractivity contribution in [2.75, 3.05) is 13.3 Å². The molecule has 0 amide bonds. The van der Waals surface area contributed by atoms with Gasteiger partial charge in [-0.1, -0.05) is 36.7 Å². The van der Waals surface area contributed by atoms with Gasteiger partial charge in [0.15, 0.2) is 0 Å². The molecule has 0 saturated heterocycles. The molecule has 2 rings (SSSR count). The maximum atomic E-state index is 13.1. The van der Waals surface area contributed by atoms with E-state index in [1.54, 1.807) is 27.7 Å². The van der Waals surface area contributed by atoms with E-state index in [9.17, 15) is 9.36 Å². The second-order valence-electron chi connectivity index (χ2n) is 8.40. The standard InChI is InChI=1S/C22H33N2O5P/c1-7-9-11-16-12-10-13-17(14-16)20-23-19(29-24-20)15-18(30(6,26)27-8-2)21(25)28-22(3,4)5/h10,12-14,18H,7-9,11,15H2,1-6H3. The van der Waals surface area contributed by atoms with Crippen LogP contribution in [0.15, 0.2) is 28.8 Å². The van der Waals surface area contributed by atoms with Crippen molar-refractivity contribution in [3.05, 3.63) is 35.7 Å². The van der Waals surface area contributed by atoms with Crippen LogP contribution >= 0.6 is 7.37 Å². The van der Waals surface area contributed by atoms with Crippen LogP contribution in [-0.2, 0) is 31.5 Å². The van der Waals surface area contributed by atoms with Crippen molar-refractivity contribution in [3.8, 4) is 11.4 Å². The van der Waals surface area contributed by atoms with Gasteiger partial charge in [0.2, 0.25) is 19.1 Å². The summed E-state index contributed by atoms with van der Waals surface area (Å²) < 4.78 is 29.3. The second-order valence-corrected chi connectivity index (χ2v) is 11.1. The molecule has 0 spiro atoms. The van der Waals surface area contributed by atoms with Crippen LogP contribution in [0.4, 0.5) is 0 Å². The molecule has 30 heavy (non-hydrogen) atoms. The van der Waals surface area contributed by atoms with Crippen LogP contribution in [0.25, 0.3) is 11.4 Å². The molecule has 166 valence electrons. The first-order valence-electron chi connectivity index (χ1n) is 10.4. The summed E-state index contributed by atoms with van der Waals surface area (Å²) in [5.74, 6) is 0.0679. The Hall–Kier alpha value is -1.98. The number of rotatable bonds is 10. The van der Waals surface area contributed by atoms with Gasteiger partial charge < -0.3 is 13.8 Å². The first kappa shape index (κ1) is 24.3. The van der Waals surface area contributed by atoms with Gasteiger partial charge in [0.25, 0.3) is 0 Å². The molecule has 0 N–H and O–H groups in total. The third kappa shape index (κ3) is 7.06. The molecule has 0 bridgehead atoms. The summed E-state index contributed by atoms with van der Waals surface area (Å²) in [6.45, 7) is 10.9. The van der Waals surface area contributed by atoms with E-state index in [-0.39, 0.29) is 18.9 Å². The van der Waals surface area contributed by atoms with E-state index in [0.29, 0.717) is 5.82 Å². The molecular formula is C22H33N2O5P. The zero-order valence-electron chi connectivity index (χ0n) is 18.8. The van der Waals surface area contributed by atoms with Crippen molar-refractivity contribution in [2.45, 2.75) is 71.6 Å². The van der Waals surface area contributed by atoms with Gasteiger partial charge in [-0.15, -0.1) is 0 Å². The maximum absolute atomic E-state index is 13.1. The molecule has 0 saturated carbocycles. The monoisotopic (exact) mass is 436 g/mol. The Morgan fingerprint density at radius 2 is 2.00 bits per heavy atom. The number of hydrogen-bond acceptors (Lipinski definition) is 7. The molecule has 0 aliphatic carbocycles.